The molecule has 1 heterocycles. The third-order valence-electron chi connectivity index (χ3n) is 2.47. The van der Waals surface area contributed by atoms with Gasteiger partial charge in [0.2, 0.25) is 0 Å². The quantitative estimate of drug-likeness (QED) is 0.775. The topological polar surface area (TPSA) is 44.7 Å². The van der Waals surface area contributed by atoms with Crippen molar-refractivity contribution in [2.24, 2.45) is 0 Å². The molecule has 1 aliphatic rings. The van der Waals surface area contributed by atoms with Gasteiger partial charge in [0.25, 0.3) is 0 Å². The second-order valence-corrected chi connectivity index (χ2v) is 4.41. The predicted octanol–water partition coefficient (Wildman–Crippen LogP) is 2.01. The Morgan fingerprint density at radius 1 is 1.47 bits per heavy atom. The van der Waals surface area contributed by atoms with Gasteiger partial charge in [-0.25, -0.2) is 5.06 Å². The molecule has 0 radical (unpaired) electrons. The Hall–Kier alpha value is -1.38. The Balaban J connectivity index is 2.05. The van der Waals surface area contributed by atoms with Crippen molar-refractivity contribution in [3.05, 3.63) is 29.8 Å². The van der Waals surface area contributed by atoms with Gasteiger partial charge in [0.05, 0.1) is 18.2 Å². The molecule has 0 amide bonds. The van der Waals surface area contributed by atoms with Gasteiger partial charge in [-0.15, -0.1) is 0 Å². The monoisotopic (exact) mass is 292 g/mol. The fourth-order valence-electron chi connectivity index (χ4n) is 1.57. The van der Waals surface area contributed by atoms with E-state index >= 15 is 0 Å². The van der Waals surface area contributed by atoms with Crippen LogP contribution in [0.3, 0.4) is 0 Å². The first-order chi connectivity index (χ1) is 8.86. The molecule has 0 saturated carbocycles. The lowest BCUT2D eigenvalue weighted by Gasteiger charge is -2.18. The molecule has 1 saturated heterocycles. The van der Waals surface area contributed by atoms with Crippen LogP contribution >= 0.6 is 12.2 Å². The minimum absolute atomic E-state index is 0.107. The molecular weight excluding hydrogens is 281 g/mol. The second-order valence-electron chi connectivity index (χ2n) is 4.02. The van der Waals surface area contributed by atoms with Gasteiger partial charge in [0.15, 0.2) is 5.11 Å². The number of thiocarbonyl (C=S) groups is 1. The molecule has 1 aromatic rings. The number of aliphatic hydroxyl groups excluding tert-OH is 1. The maximum absolute atomic E-state index is 12.5. The van der Waals surface area contributed by atoms with Crippen LogP contribution in [0.15, 0.2) is 24.3 Å². The lowest BCUT2D eigenvalue weighted by atomic mass is 10.2. The summed E-state index contributed by atoms with van der Waals surface area (Å²) in [4.78, 5) is 5.05. The van der Waals surface area contributed by atoms with Crippen LogP contribution in [-0.4, -0.2) is 34.5 Å². The maximum Gasteiger partial charge on any atom is 0.416 e. The van der Waals surface area contributed by atoms with Crippen molar-refractivity contribution in [1.29, 1.82) is 0 Å². The minimum Gasteiger partial charge on any atom is -0.389 e. The fraction of sp³-hybridized carbons (Fsp3) is 0.364. The largest absolute Gasteiger partial charge is 0.416 e. The zero-order chi connectivity index (χ0) is 14.0. The number of aliphatic hydroxyl groups is 1. The molecule has 8 heteroatoms. The van der Waals surface area contributed by atoms with Gasteiger partial charge in [-0.2, -0.15) is 13.2 Å². The molecule has 1 atom stereocenters. The number of anilines is 1. The van der Waals surface area contributed by atoms with Gasteiger partial charge < -0.3 is 10.4 Å². The second kappa shape index (κ2) is 5.32. The molecule has 104 valence electrons. The average molecular weight is 292 g/mol. The van der Waals surface area contributed by atoms with Crippen molar-refractivity contribution in [2.75, 3.05) is 18.5 Å². The Bertz CT molecular complexity index is 481. The number of β-amino-alcohol motifs (C(OH)–C–C–N with tert-alkyl or cyclic N) is 1. The fourth-order valence-corrected chi connectivity index (χ4v) is 1.82. The molecule has 0 aliphatic carbocycles. The average Bonchev–Trinajstić information content (AvgIpc) is 2.75. The van der Waals surface area contributed by atoms with Crippen molar-refractivity contribution in [2.45, 2.75) is 12.3 Å². The molecular formula is C11H11F3N2O2S. The number of hydrogen-bond donors (Lipinski definition) is 2. The van der Waals surface area contributed by atoms with Crippen LogP contribution in [0.5, 0.6) is 0 Å². The normalized spacial score (nSPS) is 19.6. The Morgan fingerprint density at radius 3 is 2.79 bits per heavy atom. The van der Waals surface area contributed by atoms with E-state index in [1.807, 2.05) is 0 Å². The smallest absolute Gasteiger partial charge is 0.389 e. The number of hydrogen-bond acceptors (Lipinski definition) is 3. The maximum atomic E-state index is 12.5. The summed E-state index contributed by atoms with van der Waals surface area (Å²) >= 11 is 4.98. The summed E-state index contributed by atoms with van der Waals surface area (Å²) < 4.78 is 37.6. The lowest BCUT2D eigenvalue weighted by Crippen LogP contribution is -2.32. The van der Waals surface area contributed by atoms with E-state index in [9.17, 15) is 18.3 Å². The third-order valence-corrected chi connectivity index (χ3v) is 2.77. The van der Waals surface area contributed by atoms with Gasteiger partial charge in [-0.3, -0.25) is 4.84 Å². The Morgan fingerprint density at radius 2 is 2.21 bits per heavy atom. The summed E-state index contributed by atoms with van der Waals surface area (Å²) in [6.07, 6.45) is -5.05. The molecule has 1 aliphatic heterocycles. The van der Waals surface area contributed by atoms with Crippen molar-refractivity contribution < 1.29 is 23.1 Å². The van der Waals surface area contributed by atoms with Crippen LogP contribution in [0.1, 0.15) is 5.56 Å². The highest BCUT2D eigenvalue weighted by Crippen LogP contribution is 2.30. The van der Waals surface area contributed by atoms with Crippen LogP contribution in [-0.2, 0) is 11.0 Å². The number of alkyl halides is 3. The van der Waals surface area contributed by atoms with Crippen LogP contribution in [0.2, 0.25) is 0 Å². The van der Waals surface area contributed by atoms with E-state index in [1.165, 1.54) is 17.2 Å². The van der Waals surface area contributed by atoms with Gasteiger partial charge in [-0.1, -0.05) is 6.07 Å². The number of hydroxylamine groups is 2. The minimum atomic E-state index is -4.40. The van der Waals surface area contributed by atoms with Crippen molar-refractivity contribution in [1.82, 2.24) is 5.06 Å². The summed E-state index contributed by atoms with van der Waals surface area (Å²) in [5.41, 5.74) is -0.549. The van der Waals surface area contributed by atoms with E-state index in [1.54, 1.807) is 0 Å². The highest BCUT2D eigenvalue weighted by molar-refractivity contribution is 7.80. The molecule has 0 aromatic heterocycles. The van der Waals surface area contributed by atoms with E-state index < -0.39 is 17.8 Å². The zero-order valence-corrected chi connectivity index (χ0v) is 10.5. The summed E-state index contributed by atoms with van der Waals surface area (Å²) in [6.45, 7) is 0.301. The molecule has 1 aromatic carbocycles. The van der Waals surface area contributed by atoms with E-state index in [0.29, 0.717) is 0 Å². The van der Waals surface area contributed by atoms with Gasteiger partial charge in [0, 0.05) is 5.69 Å². The first-order valence-corrected chi connectivity index (χ1v) is 5.84. The van der Waals surface area contributed by atoms with E-state index in [0.717, 1.165) is 12.1 Å². The van der Waals surface area contributed by atoms with Gasteiger partial charge in [-0.05, 0) is 30.4 Å². The van der Waals surface area contributed by atoms with Crippen molar-refractivity contribution in [3.63, 3.8) is 0 Å². The van der Waals surface area contributed by atoms with Crippen LogP contribution in [0.25, 0.3) is 0 Å². The van der Waals surface area contributed by atoms with Crippen LogP contribution in [0.4, 0.5) is 18.9 Å². The summed E-state index contributed by atoms with van der Waals surface area (Å²) in [5, 5.41) is 13.2. The van der Waals surface area contributed by atoms with E-state index in [2.05, 4.69) is 5.32 Å². The molecule has 4 nitrogen and oxygen atoms in total. The van der Waals surface area contributed by atoms with Crippen LogP contribution in [0, 0.1) is 0 Å². The molecule has 0 unspecified atom stereocenters. The van der Waals surface area contributed by atoms with E-state index in [-0.39, 0.29) is 24.0 Å². The molecule has 0 spiro atoms. The highest BCUT2D eigenvalue weighted by atomic mass is 32.1. The molecule has 2 rings (SSSR count). The number of nitrogens with zero attached hydrogens (tertiary/aromatic N) is 1. The first kappa shape index (κ1) is 14.0. The van der Waals surface area contributed by atoms with Crippen LogP contribution < -0.4 is 5.32 Å². The Kier molecular flexibility index (Phi) is 3.93. The Labute approximate surface area is 112 Å². The summed E-state index contributed by atoms with van der Waals surface area (Å²) in [7, 11) is 0. The predicted molar refractivity (Wildman–Crippen MR) is 66.3 cm³/mol. The first-order valence-electron chi connectivity index (χ1n) is 5.43. The number of halogens is 3. The van der Waals surface area contributed by atoms with Gasteiger partial charge >= 0.3 is 6.18 Å². The number of nitrogens with one attached hydrogen (secondary N) is 1. The lowest BCUT2D eigenvalue weighted by molar-refractivity contribution is -0.137. The molecule has 2 N–H and O–H groups in total. The van der Waals surface area contributed by atoms with Gasteiger partial charge in [0.1, 0.15) is 6.61 Å². The highest BCUT2D eigenvalue weighted by Gasteiger charge is 2.30. The standard InChI is InChI=1S/C11H11F3N2O2S/c12-11(13,14)7-2-1-3-8(4-7)15-10(19)16-5-9(17)6-18-16/h1-4,9,17H,5-6H2,(H,15,19)/t9-/m1/s1. The summed E-state index contributed by atoms with van der Waals surface area (Å²) in [5.74, 6) is 0. The molecule has 19 heavy (non-hydrogen) atoms. The number of rotatable bonds is 1. The van der Waals surface area contributed by atoms with Crippen molar-refractivity contribution in [3.8, 4) is 0 Å². The third kappa shape index (κ3) is 3.55. The zero-order valence-electron chi connectivity index (χ0n) is 9.65. The van der Waals surface area contributed by atoms with E-state index in [4.69, 9.17) is 17.1 Å². The van der Waals surface area contributed by atoms with Crippen molar-refractivity contribution >= 4 is 23.0 Å². The SMILES string of the molecule is O[C@H]1CON(C(=S)Nc2cccc(C(F)(F)F)c2)C1. The number of benzene rings is 1. The molecule has 1 fully saturated rings. The summed E-state index contributed by atoms with van der Waals surface area (Å²) in [6, 6.07) is 4.69. The molecule has 0 bridgehead atoms.